The number of nitrogens with one attached hydrogen (secondary N) is 1. The number of thiophene rings is 1. The minimum Gasteiger partial charge on any atom is -0.349 e. The van der Waals surface area contributed by atoms with E-state index in [1.165, 1.54) is 11.3 Å². The SMILES string of the molecule is O=CN(O)CCNC(=O)c1[c]ccs1. The van der Waals surface area contributed by atoms with E-state index in [4.69, 9.17) is 5.21 Å². The van der Waals surface area contributed by atoms with E-state index in [9.17, 15) is 9.59 Å². The molecule has 0 fully saturated rings. The molecule has 1 aromatic heterocycles. The third kappa shape index (κ3) is 3.15. The first kappa shape index (κ1) is 10.7. The van der Waals surface area contributed by atoms with Crippen LogP contribution in [0.4, 0.5) is 0 Å². The topological polar surface area (TPSA) is 69.6 Å². The molecule has 0 bridgehead atoms. The average molecular weight is 213 g/mol. The summed E-state index contributed by atoms with van der Waals surface area (Å²) in [5.41, 5.74) is 0. The van der Waals surface area contributed by atoms with E-state index in [2.05, 4.69) is 11.4 Å². The van der Waals surface area contributed by atoms with Gasteiger partial charge in [0.2, 0.25) is 6.41 Å². The van der Waals surface area contributed by atoms with Crippen molar-refractivity contribution in [3.05, 3.63) is 22.4 Å². The molecule has 0 aromatic carbocycles. The number of amides is 2. The molecule has 0 saturated carbocycles. The molecule has 75 valence electrons. The van der Waals surface area contributed by atoms with Gasteiger partial charge in [0.1, 0.15) is 0 Å². The Morgan fingerprint density at radius 2 is 2.57 bits per heavy atom. The zero-order valence-corrected chi connectivity index (χ0v) is 8.08. The van der Waals surface area contributed by atoms with Crippen LogP contribution in [-0.4, -0.2) is 35.7 Å². The van der Waals surface area contributed by atoms with Crippen molar-refractivity contribution in [2.24, 2.45) is 0 Å². The van der Waals surface area contributed by atoms with Crippen LogP contribution in [0.15, 0.2) is 11.4 Å². The van der Waals surface area contributed by atoms with Crippen molar-refractivity contribution in [2.75, 3.05) is 13.1 Å². The molecule has 1 heterocycles. The van der Waals surface area contributed by atoms with Crippen LogP contribution in [0.5, 0.6) is 0 Å². The summed E-state index contributed by atoms with van der Waals surface area (Å²) in [6, 6.07) is 4.41. The largest absolute Gasteiger partial charge is 0.349 e. The van der Waals surface area contributed by atoms with E-state index in [0.717, 1.165) is 0 Å². The second kappa shape index (κ2) is 5.36. The molecule has 2 N–H and O–H groups in total. The third-order valence-corrected chi connectivity index (χ3v) is 2.23. The van der Waals surface area contributed by atoms with Gasteiger partial charge in [-0.05, 0) is 11.4 Å². The highest BCUT2D eigenvalue weighted by Gasteiger charge is 2.05. The minimum absolute atomic E-state index is 0.0701. The molecule has 2 amide bonds. The summed E-state index contributed by atoms with van der Waals surface area (Å²) >= 11 is 1.28. The molecule has 5 nitrogen and oxygen atoms in total. The smallest absolute Gasteiger partial charge is 0.262 e. The van der Waals surface area contributed by atoms with Gasteiger partial charge in [-0.1, -0.05) is 0 Å². The first-order valence-corrected chi connectivity index (χ1v) is 4.76. The second-order valence-electron chi connectivity index (χ2n) is 2.42. The molecule has 0 saturated heterocycles. The van der Waals surface area contributed by atoms with Gasteiger partial charge in [-0.3, -0.25) is 14.8 Å². The Labute approximate surface area is 84.9 Å². The summed E-state index contributed by atoms with van der Waals surface area (Å²) in [6.07, 6.45) is 0.281. The number of hydrogen-bond acceptors (Lipinski definition) is 4. The Hall–Kier alpha value is -1.40. The van der Waals surface area contributed by atoms with Crippen molar-refractivity contribution in [3.8, 4) is 0 Å². The fourth-order valence-electron chi connectivity index (χ4n) is 0.782. The van der Waals surface area contributed by atoms with Gasteiger partial charge in [0.15, 0.2) is 0 Å². The predicted octanol–water partition coefficient (Wildman–Crippen LogP) is 0.126. The van der Waals surface area contributed by atoms with Gasteiger partial charge >= 0.3 is 0 Å². The Kier molecular flexibility index (Phi) is 4.09. The lowest BCUT2D eigenvalue weighted by Gasteiger charge is -2.08. The number of carbonyl (C=O) groups is 2. The highest BCUT2D eigenvalue weighted by Crippen LogP contribution is 2.06. The lowest BCUT2D eigenvalue weighted by molar-refractivity contribution is -0.149. The standard InChI is InChI=1S/C8H9N2O3S/c11-6-10(13)4-3-9-8(12)7-2-1-5-14-7/h1,5-6,13H,3-4H2,(H,9,12). The van der Waals surface area contributed by atoms with Crippen LogP contribution < -0.4 is 5.32 Å². The van der Waals surface area contributed by atoms with Gasteiger partial charge < -0.3 is 5.32 Å². The van der Waals surface area contributed by atoms with Crippen LogP contribution in [0, 0.1) is 6.07 Å². The molecule has 0 unspecified atom stereocenters. The van der Waals surface area contributed by atoms with Crippen molar-refractivity contribution in [3.63, 3.8) is 0 Å². The van der Waals surface area contributed by atoms with Gasteiger partial charge in [-0.15, -0.1) is 11.3 Å². The summed E-state index contributed by atoms with van der Waals surface area (Å²) in [5, 5.41) is 13.5. The number of hydroxylamine groups is 2. The summed E-state index contributed by atoms with van der Waals surface area (Å²) in [7, 11) is 0. The second-order valence-corrected chi connectivity index (χ2v) is 3.33. The first-order valence-electron chi connectivity index (χ1n) is 3.88. The maximum Gasteiger partial charge on any atom is 0.262 e. The first-order chi connectivity index (χ1) is 6.74. The molecule has 0 atom stereocenters. The van der Waals surface area contributed by atoms with Gasteiger partial charge in [-0.2, -0.15) is 0 Å². The van der Waals surface area contributed by atoms with Crippen LogP contribution in [-0.2, 0) is 4.79 Å². The van der Waals surface area contributed by atoms with E-state index < -0.39 is 0 Å². The summed E-state index contributed by atoms with van der Waals surface area (Å²) in [6.45, 7) is 0.278. The molecule has 6 heteroatoms. The van der Waals surface area contributed by atoms with E-state index in [-0.39, 0.29) is 25.4 Å². The van der Waals surface area contributed by atoms with Crippen molar-refractivity contribution >= 4 is 23.7 Å². The average Bonchev–Trinajstić information content (AvgIpc) is 2.70. The molecule has 0 spiro atoms. The van der Waals surface area contributed by atoms with Gasteiger partial charge in [-0.25, -0.2) is 5.06 Å². The number of rotatable bonds is 5. The van der Waals surface area contributed by atoms with Crippen molar-refractivity contribution < 1.29 is 14.8 Å². The molecular formula is C8H9N2O3S. The zero-order valence-electron chi connectivity index (χ0n) is 7.27. The number of carbonyl (C=O) groups excluding carboxylic acids is 2. The Bertz CT molecular complexity index is 300. The van der Waals surface area contributed by atoms with E-state index in [0.29, 0.717) is 9.94 Å². The molecule has 0 aliphatic rings. The van der Waals surface area contributed by atoms with Gasteiger partial charge in [0, 0.05) is 12.6 Å². The molecule has 0 aliphatic heterocycles. The quantitative estimate of drug-likeness (QED) is 0.415. The molecular weight excluding hydrogens is 204 g/mol. The van der Waals surface area contributed by atoms with Crippen LogP contribution in [0.1, 0.15) is 9.67 Å². The van der Waals surface area contributed by atoms with Crippen LogP contribution in [0.25, 0.3) is 0 Å². The molecule has 1 radical (unpaired) electrons. The van der Waals surface area contributed by atoms with Crippen LogP contribution in [0.2, 0.25) is 0 Å². The summed E-state index contributed by atoms with van der Waals surface area (Å²) in [5.74, 6) is -0.251. The molecule has 0 aliphatic carbocycles. The third-order valence-electron chi connectivity index (χ3n) is 1.42. The van der Waals surface area contributed by atoms with Crippen LogP contribution in [0.3, 0.4) is 0 Å². The Morgan fingerprint density at radius 3 is 3.14 bits per heavy atom. The van der Waals surface area contributed by atoms with E-state index >= 15 is 0 Å². The highest BCUT2D eigenvalue weighted by atomic mass is 32.1. The van der Waals surface area contributed by atoms with E-state index in [1.54, 1.807) is 11.4 Å². The predicted molar refractivity (Wildman–Crippen MR) is 50.0 cm³/mol. The normalized spacial score (nSPS) is 9.50. The monoisotopic (exact) mass is 213 g/mol. The van der Waals surface area contributed by atoms with E-state index in [1.807, 2.05) is 0 Å². The maximum absolute atomic E-state index is 11.3. The summed E-state index contributed by atoms with van der Waals surface area (Å²) in [4.78, 5) is 21.7. The van der Waals surface area contributed by atoms with Gasteiger partial charge in [0.05, 0.1) is 11.4 Å². The van der Waals surface area contributed by atoms with Crippen molar-refractivity contribution in [2.45, 2.75) is 0 Å². The minimum atomic E-state index is -0.251. The lowest BCUT2D eigenvalue weighted by Crippen LogP contribution is -2.32. The maximum atomic E-state index is 11.3. The molecule has 1 rings (SSSR count). The lowest BCUT2D eigenvalue weighted by atomic mass is 10.4. The molecule has 14 heavy (non-hydrogen) atoms. The highest BCUT2D eigenvalue weighted by molar-refractivity contribution is 7.12. The zero-order chi connectivity index (χ0) is 10.4. The Morgan fingerprint density at radius 1 is 1.79 bits per heavy atom. The number of hydrogen-bond donors (Lipinski definition) is 2. The van der Waals surface area contributed by atoms with Crippen LogP contribution >= 0.6 is 11.3 Å². The molecule has 1 aromatic rings. The number of nitrogens with zero attached hydrogens (tertiary/aromatic N) is 1. The van der Waals surface area contributed by atoms with Crippen molar-refractivity contribution in [1.82, 2.24) is 10.4 Å². The van der Waals surface area contributed by atoms with Crippen molar-refractivity contribution in [1.29, 1.82) is 0 Å². The Balaban J connectivity index is 2.26. The van der Waals surface area contributed by atoms with Gasteiger partial charge in [0.25, 0.3) is 5.91 Å². The summed E-state index contributed by atoms with van der Waals surface area (Å²) < 4.78 is 0. The fraction of sp³-hybridized carbons (Fsp3) is 0.250. The fourth-order valence-corrected chi connectivity index (χ4v) is 1.37.